The van der Waals surface area contributed by atoms with Crippen LogP contribution in [0.5, 0.6) is 0 Å². The third-order valence-electron chi connectivity index (χ3n) is 4.87. The quantitative estimate of drug-likeness (QED) is 0.862. The second-order valence-electron chi connectivity index (χ2n) is 7.00. The molecule has 26 heavy (non-hydrogen) atoms. The van der Waals surface area contributed by atoms with E-state index in [0.717, 1.165) is 25.1 Å². The molecule has 0 radical (unpaired) electrons. The van der Waals surface area contributed by atoms with E-state index in [4.69, 9.17) is 11.6 Å². The largest absolute Gasteiger partial charge is 0.329 e. The third-order valence-corrected chi connectivity index (χ3v) is 5.10. The van der Waals surface area contributed by atoms with Gasteiger partial charge in [0.15, 0.2) is 0 Å². The molecule has 6 nitrogen and oxygen atoms in total. The maximum Gasteiger partial charge on any atom is 0.247 e. The van der Waals surface area contributed by atoms with E-state index in [0.29, 0.717) is 22.7 Å². The van der Waals surface area contributed by atoms with E-state index in [1.807, 2.05) is 13.0 Å². The standard InChI is InChI=1S/C19H23ClN4O2/c1-12-7-15(14-3-6-18(25)22-8-14)11-24(10-12)13(2)19(26)23-17-5-4-16(20)9-21-17/h3-6,8-9,12-13,15H,7,10-11H2,1-2H3,(H,22,25)(H,21,23,26)/t12-,13+,15-/m1/s1. The van der Waals surface area contributed by atoms with Crippen molar-refractivity contribution in [3.05, 3.63) is 57.6 Å². The summed E-state index contributed by atoms with van der Waals surface area (Å²) in [5, 5.41) is 3.38. The number of piperidine rings is 1. The van der Waals surface area contributed by atoms with Gasteiger partial charge >= 0.3 is 0 Å². The van der Waals surface area contributed by atoms with E-state index >= 15 is 0 Å². The minimum Gasteiger partial charge on any atom is -0.329 e. The van der Waals surface area contributed by atoms with Gasteiger partial charge in [-0.3, -0.25) is 14.5 Å². The average molecular weight is 375 g/mol. The molecule has 3 heterocycles. The maximum atomic E-state index is 12.6. The summed E-state index contributed by atoms with van der Waals surface area (Å²) in [5.74, 6) is 1.16. The van der Waals surface area contributed by atoms with Gasteiger partial charge in [-0.2, -0.15) is 0 Å². The molecular weight excluding hydrogens is 352 g/mol. The van der Waals surface area contributed by atoms with Crippen LogP contribution in [0.2, 0.25) is 5.02 Å². The Labute approximate surface area is 157 Å². The third kappa shape index (κ3) is 4.51. The SMILES string of the molecule is C[C@@H]1C[C@@H](c2ccc(=O)[nH]c2)CN([C@@H](C)C(=O)Nc2ccc(Cl)cn2)C1. The Bertz CT molecular complexity index is 801. The number of hydrogen-bond acceptors (Lipinski definition) is 4. The number of H-pyrrole nitrogens is 1. The average Bonchev–Trinajstić information content (AvgIpc) is 2.63. The van der Waals surface area contributed by atoms with E-state index in [9.17, 15) is 9.59 Å². The van der Waals surface area contributed by atoms with Gasteiger partial charge in [0.1, 0.15) is 5.82 Å². The number of aromatic amines is 1. The highest BCUT2D eigenvalue weighted by molar-refractivity contribution is 6.30. The number of aromatic nitrogens is 2. The molecule has 7 heteroatoms. The lowest BCUT2D eigenvalue weighted by molar-refractivity contribution is -0.121. The van der Waals surface area contributed by atoms with Gasteiger partial charge in [0.25, 0.3) is 0 Å². The number of likely N-dealkylation sites (tertiary alicyclic amines) is 1. The number of anilines is 1. The first-order chi connectivity index (χ1) is 12.4. The predicted octanol–water partition coefficient (Wildman–Crippen LogP) is 2.88. The summed E-state index contributed by atoms with van der Waals surface area (Å²) in [6.45, 7) is 5.74. The van der Waals surface area contributed by atoms with E-state index in [2.05, 4.69) is 27.1 Å². The molecule has 1 aliphatic rings. The zero-order valence-electron chi connectivity index (χ0n) is 14.9. The first-order valence-electron chi connectivity index (χ1n) is 8.77. The minimum atomic E-state index is -0.277. The lowest BCUT2D eigenvalue weighted by atomic mass is 9.85. The van der Waals surface area contributed by atoms with E-state index in [1.54, 1.807) is 24.4 Å². The van der Waals surface area contributed by atoms with E-state index in [1.165, 1.54) is 6.20 Å². The molecule has 1 aliphatic heterocycles. The van der Waals surface area contributed by atoms with Crippen LogP contribution < -0.4 is 10.9 Å². The summed E-state index contributed by atoms with van der Waals surface area (Å²) in [6.07, 6.45) is 4.33. The molecule has 1 amide bonds. The Morgan fingerprint density at radius 2 is 2.15 bits per heavy atom. The van der Waals surface area contributed by atoms with Crippen LogP contribution in [0.1, 0.15) is 31.7 Å². The molecule has 138 valence electrons. The Morgan fingerprint density at radius 1 is 1.35 bits per heavy atom. The molecule has 3 rings (SSSR count). The maximum absolute atomic E-state index is 12.6. The smallest absolute Gasteiger partial charge is 0.247 e. The van der Waals surface area contributed by atoms with Gasteiger partial charge in [-0.1, -0.05) is 24.6 Å². The Balaban J connectivity index is 1.68. The second-order valence-corrected chi connectivity index (χ2v) is 7.44. The number of carbonyl (C=O) groups excluding carboxylic acids is 1. The summed E-state index contributed by atoms with van der Waals surface area (Å²) in [4.78, 5) is 33.0. The summed E-state index contributed by atoms with van der Waals surface area (Å²) >= 11 is 5.83. The van der Waals surface area contributed by atoms with Gasteiger partial charge in [-0.15, -0.1) is 0 Å². The molecule has 2 aromatic heterocycles. The van der Waals surface area contributed by atoms with Crippen molar-refractivity contribution in [2.45, 2.75) is 32.2 Å². The van der Waals surface area contributed by atoms with Crippen molar-refractivity contribution in [1.82, 2.24) is 14.9 Å². The number of halogens is 1. The van der Waals surface area contributed by atoms with Gasteiger partial charge in [0, 0.05) is 31.5 Å². The highest BCUT2D eigenvalue weighted by Crippen LogP contribution is 2.30. The number of hydrogen-bond donors (Lipinski definition) is 2. The summed E-state index contributed by atoms with van der Waals surface area (Å²) in [5.41, 5.74) is 1.01. The van der Waals surface area contributed by atoms with Crippen molar-refractivity contribution >= 4 is 23.3 Å². The van der Waals surface area contributed by atoms with Crippen molar-refractivity contribution < 1.29 is 4.79 Å². The first-order valence-corrected chi connectivity index (χ1v) is 9.15. The van der Waals surface area contributed by atoms with Crippen LogP contribution in [0.4, 0.5) is 5.82 Å². The number of carbonyl (C=O) groups is 1. The molecule has 1 saturated heterocycles. The van der Waals surface area contributed by atoms with Crippen molar-refractivity contribution in [2.24, 2.45) is 5.92 Å². The van der Waals surface area contributed by atoms with E-state index < -0.39 is 0 Å². The van der Waals surface area contributed by atoms with Crippen molar-refractivity contribution in [2.75, 3.05) is 18.4 Å². The monoisotopic (exact) mass is 374 g/mol. The number of rotatable bonds is 4. The van der Waals surface area contributed by atoms with Crippen molar-refractivity contribution in [1.29, 1.82) is 0 Å². The van der Waals surface area contributed by atoms with Gasteiger partial charge in [0.2, 0.25) is 11.5 Å². The Hall–Kier alpha value is -2.18. The summed E-state index contributed by atoms with van der Waals surface area (Å²) < 4.78 is 0. The van der Waals surface area contributed by atoms with Gasteiger partial charge in [-0.05, 0) is 42.9 Å². The molecule has 3 atom stereocenters. The normalized spacial score (nSPS) is 22.0. The molecular formula is C19H23ClN4O2. The summed E-state index contributed by atoms with van der Waals surface area (Å²) in [6, 6.07) is 6.54. The molecule has 2 N–H and O–H groups in total. The Morgan fingerprint density at radius 3 is 2.81 bits per heavy atom. The van der Waals surface area contributed by atoms with Gasteiger partial charge < -0.3 is 10.3 Å². The van der Waals surface area contributed by atoms with Crippen LogP contribution in [0.3, 0.4) is 0 Å². The van der Waals surface area contributed by atoms with Crippen molar-refractivity contribution in [3.8, 4) is 0 Å². The molecule has 0 bridgehead atoms. The Kier molecular flexibility index (Phi) is 5.74. The fourth-order valence-corrected chi connectivity index (χ4v) is 3.59. The molecule has 0 saturated carbocycles. The molecule has 0 aliphatic carbocycles. The number of nitrogens with one attached hydrogen (secondary N) is 2. The second kappa shape index (κ2) is 8.01. The van der Waals surface area contributed by atoms with Crippen molar-refractivity contribution in [3.63, 3.8) is 0 Å². The lowest BCUT2D eigenvalue weighted by Gasteiger charge is -2.39. The van der Waals surface area contributed by atoms with Crippen LogP contribution in [0.25, 0.3) is 0 Å². The van der Waals surface area contributed by atoms with Crippen LogP contribution in [-0.2, 0) is 4.79 Å². The van der Waals surface area contributed by atoms with Gasteiger partial charge in [-0.25, -0.2) is 4.98 Å². The molecule has 0 aromatic carbocycles. The fourth-order valence-electron chi connectivity index (χ4n) is 3.47. The lowest BCUT2D eigenvalue weighted by Crippen LogP contribution is -2.48. The van der Waals surface area contributed by atoms with Crippen LogP contribution >= 0.6 is 11.6 Å². The van der Waals surface area contributed by atoms with Crippen LogP contribution in [0, 0.1) is 5.92 Å². The molecule has 1 fully saturated rings. The summed E-state index contributed by atoms with van der Waals surface area (Å²) in [7, 11) is 0. The fraction of sp³-hybridized carbons (Fsp3) is 0.421. The number of nitrogens with zero attached hydrogens (tertiary/aromatic N) is 2. The zero-order chi connectivity index (χ0) is 18.7. The topological polar surface area (TPSA) is 78.1 Å². The van der Waals surface area contributed by atoms with Gasteiger partial charge in [0.05, 0.1) is 11.1 Å². The minimum absolute atomic E-state index is 0.0888. The van der Waals surface area contributed by atoms with Crippen LogP contribution in [-0.4, -0.2) is 39.9 Å². The highest BCUT2D eigenvalue weighted by atomic mass is 35.5. The van der Waals surface area contributed by atoms with Crippen LogP contribution in [0.15, 0.2) is 41.5 Å². The molecule has 0 spiro atoms. The predicted molar refractivity (Wildman–Crippen MR) is 102 cm³/mol. The molecule has 0 unspecified atom stereocenters. The molecule has 2 aromatic rings. The van der Waals surface area contributed by atoms with E-state index in [-0.39, 0.29) is 17.5 Å². The zero-order valence-corrected chi connectivity index (χ0v) is 15.7. The number of amides is 1. The number of pyridine rings is 2. The first kappa shape index (κ1) is 18.6. The highest BCUT2D eigenvalue weighted by Gasteiger charge is 2.31.